The van der Waals surface area contributed by atoms with Gasteiger partial charge in [-0.2, -0.15) is 0 Å². The summed E-state index contributed by atoms with van der Waals surface area (Å²) in [4.78, 5) is 10.5. The maximum absolute atomic E-state index is 10.5. The van der Waals surface area contributed by atoms with Crippen LogP contribution in [-0.2, 0) is 11.2 Å². The van der Waals surface area contributed by atoms with E-state index < -0.39 is 5.97 Å². The van der Waals surface area contributed by atoms with Crippen molar-refractivity contribution in [1.82, 2.24) is 0 Å². The van der Waals surface area contributed by atoms with Crippen LogP contribution in [0, 0.1) is 0 Å². The number of hydrogen-bond donors (Lipinski definition) is 1. The van der Waals surface area contributed by atoms with Crippen LogP contribution in [0.2, 0.25) is 0 Å². The molecule has 0 aliphatic carbocycles. The number of carboxylic acids is 1. The van der Waals surface area contributed by atoms with Crippen LogP contribution in [0.3, 0.4) is 0 Å². The molecule has 0 bridgehead atoms. The van der Waals surface area contributed by atoms with Gasteiger partial charge in [0.2, 0.25) is 0 Å². The number of ether oxygens (including phenoxy) is 2. The number of carboxylic acid groups (broad SMARTS) is 1. The quantitative estimate of drug-likeness (QED) is 0.431. The third kappa shape index (κ3) is 5.65. The normalized spacial score (nSPS) is 10.5. The van der Waals surface area contributed by atoms with E-state index >= 15 is 0 Å². The van der Waals surface area contributed by atoms with Gasteiger partial charge in [0.1, 0.15) is 24.7 Å². The van der Waals surface area contributed by atoms with Gasteiger partial charge in [-0.15, -0.1) is 6.58 Å². The Bertz CT molecular complexity index is 719. The Kier molecular flexibility index (Phi) is 6.65. The largest absolute Gasteiger partial charge is 0.490 e. The molecule has 0 aliphatic heterocycles. The first kappa shape index (κ1) is 17.3. The van der Waals surface area contributed by atoms with Gasteiger partial charge in [0.05, 0.1) is 0 Å². The van der Waals surface area contributed by atoms with E-state index in [2.05, 4.69) is 6.58 Å². The molecule has 1 N–H and O–H groups in total. The summed E-state index contributed by atoms with van der Waals surface area (Å²) in [6, 6.07) is 15.1. The van der Waals surface area contributed by atoms with E-state index in [0.717, 1.165) is 29.4 Å². The number of rotatable bonds is 9. The van der Waals surface area contributed by atoms with Crippen molar-refractivity contribution in [2.24, 2.45) is 0 Å². The van der Waals surface area contributed by atoms with Crippen molar-refractivity contribution < 1.29 is 19.4 Å². The van der Waals surface area contributed by atoms with E-state index in [0.29, 0.717) is 19.0 Å². The molecule has 0 amide bonds. The first-order valence-corrected chi connectivity index (χ1v) is 7.64. The number of benzene rings is 2. The first-order chi connectivity index (χ1) is 11.7. The van der Waals surface area contributed by atoms with Gasteiger partial charge in [0.15, 0.2) is 0 Å². The molecule has 0 heterocycles. The minimum atomic E-state index is -0.979. The summed E-state index contributed by atoms with van der Waals surface area (Å²) in [6.45, 7) is 4.56. The highest BCUT2D eigenvalue weighted by Gasteiger charge is 2.01. The number of para-hydroxylation sites is 1. The predicted molar refractivity (Wildman–Crippen MR) is 94.4 cm³/mol. The van der Waals surface area contributed by atoms with Gasteiger partial charge in [-0.3, -0.25) is 0 Å². The smallest absolute Gasteiger partial charge is 0.328 e. The summed E-state index contributed by atoms with van der Waals surface area (Å²) in [6.07, 6.45) is 5.22. The highest BCUT2D eigenvalue weighted by atomic mass is 16.5. The van der Waals surface area contributed by atoms with Crippen LogP contribution in [-0.4, -0.2) is 24.3 Å². The average Bonchev–Trinajstić information content (AvgIpc) is 2.59. The number of aliphatic carboxylic acids is 1. The Labute approximate surface area is 141 Å². The highest BCUT2D eigenvalue weighted by Crippen LogP contribution is 2.19. The lowest BCUT2D eigenvalue weighted by Gasteiger charge is -2.11. The fourth-order valence-electron chi connectivity index (χ4n) is 2.16. The van der Waals surface area contributed by atoms with E-state index in [1.54, 1.807) is 6.07 Å². The minimum absolute atomic E-state index is 0.397. The average molecular weight is 324 g/mol. The maximum Gasteiger partial charge on any atom is 0.328 e. The first-order valence-electron chi connectivity index (χ1n) is 7.64. The Hall–Kier alpha value is -3.01. The topological polar surface area (TPSA) is 55.8 Å². The van der Waals surface area contributed by atoms with E-state index in [4.69, 9.17) is 14.6 Å². The van der Waals surface area contributed by atoms with Gasteiger partial charge in [0.25, 0.3) is 0 Å². The standard InChI is InChI=1S/C20H20O4/c1-2-6-17-8-3-4-10-19(17)24-14-13-23-18-9-5-7-16(15-18)11-12-20(21)22/h2-5,7-12,15H,1,6,13-14H2,(H,21,22). The second-order valence-corrected chi connectivity index (χ2v) is 5.04. The van der Waals surface area contributed by atoms with Crippen molar-refractivity contribution >= 4 is 12.0 Å². The zero-order valence-electron chi connectivity index (χ0n) is 13.4. The summed E-state index contributed by atoms with van der Waals surface area (Å²) < 4.78 is 11.4. The molecule has 4 heteroatoms. The zero-order chi connectivity index (χ0) is 17.2. The zero-order valence-corrected chi connectivity index (χ0v) is 13.4. The molecular formula is C20H20O4. The van der Waals surface area contributed by atoms with Gasteiger partial charge in [0, 0.05) is 6.08 Å². The Balaban J connectivity index is 1.85. The summed E-state index contributed by atoms with van der Waals surface area (Å²) in [7, 11) is 0. The molecule has 0 saturated heterocycles. The van der Waals surface area contributed by atoms with Crippen LogP contribution in [0.25, 0.3) is 6.08 Å². The van der Waals surface area contributed by atoms with Gasteiger partial charge >= 0.3 is 5.97 Å². The van der Waals surface area contributed by atoms with Crippen LogP contribution in [0.1, 0.15) is 11.1 Å². The third-order valence-corrected chi connectivity index (χ3v) is 3.22. The van der Waals surface area contributed by atoms with Crippen LogP contribution in [0.4, 0.5) is 0 Å². The SMILES string of the molecule is C=CCc1ccccc1OCCOc1cccc(C=CC(=O)O)c1. The van der Waals surface area contributed by atoms with Crippen molar-refractivity contribution in [1.29, 1.82) is 0 Å². The molecule has 0 atom stereocenters. The highest BCUT2D eigenvalue weighted by molar-refractivity contribution is 5.85. The molecule has 0 fully saturated rings. The van der Waals surface area contributed by atoms with Crippen molar-refractivity contribution in [2.45, 2.75) is 6.42 Å². The lowest BCUT2D eigenvalue weighted by atomic mass is 10.1. The Morgan fingerprint density at radius 3 is 2.67 bits per heavy atom. The van der Waals surface area contributed by atoms with Crippen LogP contribution in [0.15, 0.2) is 67.3 Å². The summed E-state index contributed by atoms with van der Waals surface area (Å²) in [5.74, 6) is 0.526. The van der Waals surface area contributed by atoms with Crippen LogP contribution in [0.5, 0.6) is 11.5 Å². The molecule has 0 unspecified atom stereocenters. The van der Waals surface area contributed by atoms with Gasteiger partial charge in [-0.1, -0.05) is 36.4 Å². The molecule has 2 aromatic carbocycles. The number of allylic oxidation sites excluding steroid dienone is 1. The second-order valence-electron chi connectivity index (χ2n) is 5.04. The minimum Gasteiger partial charge on any atom is -0.490 e. The van der Waals surface area contributed by atoms with E-state index in [9.17, 15) is 4.79 Å². The van der Waals surface area contributed by atoms with Gasteiger partial charge in [-0.25, -0.2) is 4.79 Å². The molecule has 24 heavy (non-hydrogen) atoms. The fraction of sp³-hybridized carbons (Fsp3) is 0.150. The van der Waals surface area contributed by atoms with Crippen molar-refractivity contribution in [3.63, 3.8) is 0 Å². The van der Waals surface area contributed by atoms with Gasteiger partial charge in [-0.05, 0) is 41.8 Å². The number of carbonyl (C=O) groups is 1. The van der Waals surface area contributed by atoms with Crippen LogP contribution >= 0.6 is 0 Å². The van der Waals surface area contributed by atoms with E-state index in [-0.39, 0.29) is 0 Å². The van der Waals surface area contributed by atoms with Gasteiger partial charge < -0.3 is 14.6 Å². The molecule has 4 nitrogen and oxygen atoms in total. The molecule has 0 spiro atoms. The lowest BCUT2D eigenvalue weighted by Crippen LogP contribution is -2.10. The van der Waals surface area contributed by atoms with E-state index in [1.165, 1.54) is 6.08 Å². The lowest BCUT2D eigenvalue weighted by molar-refractivity contribution is -0.131. The summed E-state index contributed by atoms with van der Waals surface area (Å²) in [5.41, 5.74) is 1.86. The van der Waals surface area contributed by atoms with Crippen molar-refractivity contribution in [2.75, 3.05) is 13.2 Å². The van der Waals surface area contributed by atoms with Crippen molar-refractivity contribution in [3.05, 3.63) is 78.4 Å². The molecule has 0 aromatic heterocycles. The number of hydrogen-bond acceptors (Lipinski definition) is 3. The molecule has 0 saturated carbocycles. The van der Waals surface area contributed by atoms with Crippen LogP contribution < -0.4 is 9.47 Å². The fourth-order valence-corrected chi connectivity index (χ4v) is 2.16. The molecular weight excluding hydrogens is 304 g/mol. The third-order valence-electron chi connectivity index (χ3n) is 3.22. The predicted octanol–water partition coefficient (Wildman–Crippen LogP) is 3.97. The Morgan fingerprint density at radius 2 is 1.88 bits per heavy atom. The Morgan fingerprint density at radius 1 is 1.08 bits per heavy atom. The second kappa shape index (κ2) is 9.20. The monoisotopic (exact) mass is 324 g/mol. The van der Waals surface area contributed by atoms with Crippen molar-refractivity contribution in [3.8, 4) is 11.5 Å². The van der Waals surface area contributed by atoms with E-state index in [1.807, 2.05) is 48.5 Å². The molecule has 0 radical (unpaired) electrons. The summed E-state index contributed by atoms with van der Waals surface area (Å²) in [5, 5.41) is 8.65. The maximum atomic E-state index is 10.5. The molecule has 0 aliphatic rings. The molecule has 2 rings (SSSR count). The summed E-state index contributed by atoms with van der Waals surface area (Å²) >= 11 is 0. The molecule has 124 valence electrons. The molecule has 2 aromatic rings.